The number of rotatable bonds is 4. The van der Waals surface area contributed by atoms with Gasteiger partial charge in [-0.15, -0.1) is 11.3 Å². The summed E-state index contributed by atoms with van der Waals surface area (Å²) in [6.07, 6.45) is 11.3. The fourth-order valence-electron chi connectivity index (χ4n) is 4.14. The zero-order valence-corrected chi connectivity index (χ0v) is 16.6. The number of hydrogen-bond acceptors (Lipinski definition) is 5. The van der Waals surface area contributed by atoms with Gasteiger partial charge in [0, 0.05) is 23.4 Å². The second-order valence-corrected chi connectivity index (χ2v) is 9.63. The number of aromatic nitrogens is 2. The van der Waals surface area contributed by atoms with Crippen molar-refractivity contribution in [3.05, 3.63) is 16.8 Å². The van der Waals surface area contributed by atoms with Crippen LogP contribution in [0.2, 0.25) is 0 Å². The first-order chi connectivity index (χ1) is 12.1. The van der Waals surface area contributed by atoms with Crippen LogP contribution in [0.15, 0.2) is 11.4 Å². The van der Waals surface area contributed by atoms with Crippen LogP contribution < -0.4 is 0 Å². The molecule has 6 heteroatoms. The Morgan fingerprint density at radius 2 is 2.04 bits per heavy atom. The van der Waals surface area contributed by atoms with Crippen molar-refractivity contribution >= 4 is 39.2 Å². The van der Waals surface area contributed by atoms with E-state index >= 15 is 0 Å². The molecule has 0 aromatic carbocycles. The molecule has 1 atom stereocenters. The summed E-state index contributed by atoms with van der Waals surface area (Å²) in [6.45, 7) is 2.02. The summed E-state index contributed by atoms with van der Waals surface area (Å²) < 4.78 is 0. The lowest BCUT2D eigenvalue weighted by molar-refractivity contribution is -0.131. The van der Waals surface area contributed by atoms with Crippen LogP contribution >= 0.6 is 23.1 Å². The summed E-state index contributed by atoms with van der Waals surface area (Å²) in [5, 5.41) is 2.09. The summed E-state index contributed by atoms with van der Waals surface area (Å²) in [7, 11) is 1.98. The molecular weight excluding hydrogens is 350 g/mol. The molecule has 2 heterocycles. The normalized spacial score (nSPS) is 19.1. The van der Waals surface area contributed by atoms with Crippen LogP contribution in [0.4, 0.5) is 0 Å². The largest absolute Gasteiger partial charge is 0.342 e. The number of nitrogens with zero attached hydrogens (tertiary/aromatic N) is 3. The molecule has 1 fully saturated rings. The molecule has 1 amide bonds. The third-order valence-electron chi connectivity index (χ3n) is 5.57. The van der Waals surface area contributed by atoms with Crippen molar-refractivity contribution in [2.75, 3.05) is 7.05 Å². The van der Waals surface area contributed by atoms with Gasteiger partial charge in [0.15, 0.2) is 0 Å². The molecule has 1 saturated carbocycles. The van der Waals surface area contributed by atoms with Gasteiger partial charge < -0.3 is 4.90 Å². The topological polar surface area (TPSA) is 46.1 Å². The predicted molar refractivity (Wildman–Crippen MR) is 104 cm³/mol. The molecule has 2 aromatic rings. The van der Waals surface area contributed by atoms with Gasteiger partial charge in [-0.3, -0.25) is 4.79 Å². The van der Waals surface area contributed by atoms with E-state index < -0.39 is 0 Å². The van der Waals surface area contributed by atoms with Crippen LogP contribution in [0.3, 0.4) is 0 Å². The molecule has 0 aliphatic heterocycles. The van der Waals surface area contributed by atoms with E-state index in [4.69, 9.17) is 0 Å². The molecule has 1 unspecified atom stereocenters. The summed E-state index contributed by atoms with van der Waals surface area (Å²) in [5.74, 6) is 0.232. The minimum absolute atomic E-state index is 0.109. The van der Waals surface area contributed by atoms with Crippen molar-refractivity contribution in [2.45, 2.75) is 74.6 Å². The van der Waals surface area contributed by atoms with Crippen LogP contribution in [0.5, 0.6) is 0 Å². The van der Waals surface area contributed by atoms with Gasteiger partial charge >= 0.3 is 0 Å². The molecule has 134 valence electrons. The van der Waals surface area contributed by atoms with Crippen molar-refractivity contribution in [1.29, 1.82) is 0 Å². The maximum absolute atomic E-state index is 12.9. The first kappa shape index (κ1) is 17.3. The maximum atomic E-state index is 12.9. The summed E-state index contributed by atoms with van der Waals surface area (Å²) in [5.41, 5.74) is 1.43. The number of carbonyl (C=O) groups is 1. The molecule has 4 nitrogen and oxygen atoms in total. The first-order valence-corrected chi connectivity index (χ1v) is 11.0. The molecule has 2 aliphatic rings. The minimum Gasteiger partial charge on any atom is -0.342 e. The third-order valence-corrected chi connectivity index (χ3v) is 7.86. The van der Waals surface area contributed by atoms with E-state index in [1.54, 1.807) is 29.4 Å². The third kappa shape index (κ3) is 3.31. The maximum Gasteiger partial charge on any atom is 0.235 e. The second-order valence-electron chi connectivity index (χ2n) is 7.22. The van der Waals surface area contributed by atoms with Crippen molar-refractivity contribution in [1.82, 2.24) is 14.9 Å². The van der Waals surface area contributed by atoms with E-state index in [0.29, 0.717) is 6.04 Å². The van der Waals surface area contributed by atoms with E-state index in [9.17, 15) is 4.79 Å². The number of carbonyl (C=O) groups excluding carboxylic acids is 1. The van der Waals surface area contributed by atoms with Crippen LogP contribution in [-0.4, -0.2) is 39.1 Å². The molecule has 0 N–H and O–H groups in total. The first-order valence-electron chi connectivity index (χ1n) is 9.33. The van der Waals surface area contributed by atoms with Crippen molar-refractivity contribution < 1.29 is 4.79 Å². The molecule has 2 aromatic heterocycles. The fraction of sp³-hybridized carbons (Fsp3) is 0.632. The zero-order chi connectivity index (χ0) is 17.4. The minimum atomic E-state index is -0.109. The Morgan fingerprint density at radius 1 is 1.24 bits per heavy atom. The van der Waals surface area contributed by atoms with Gasteiger partial charge in [0.05, 0.1) is 5.25 Å². The zero-order valence-electron chi connectivity index (χ0n) is 15.0. The van der Waals surface area contributed by atoms with Gasteiger partial charge in [0.25, 0.3) is 0 Å². The lowest BCUT2D eigenvalue weighted by Crippen LogP contribution is -2.42. The number of amides is 1. The lowest BCUT2D eigenvalue weighted by Gasteiger charge is -2.32. The van der Waals surface area contributed by atoms with Crippen LogP contribution in [0, 0.1) is 0 Å². The number of aryl methyl sites for hydroxylation is 2. The molecule has 0 bridgehead atoms. The Balaban J connectivity index is 1.53. The standard InChI is InChI=1S/C19H25N3OS2/c1-12(19(23)22(2)13-7-4-3-5-8-13)24-17-16-14-9-6-10-15(14)25-18(16)21-11-20-17/h11-13H,3-10H2,1-2H3. The molecule has 4 rings (SSSR count). The quantitative estimate of drug-likeness (QED) is 0.585. The molecule has 0 saturated heterocycles. The van der Waals surface area contributed by atoms with Gasteiger partial charge in [-0.2, -0.15) is 0 Å². The van der Waals surface area contributed by atoms with Gasteiger partial charge in [0.1, 0.15) is 16.2 Å². The molecule has 25 heavy (non-hydrogen) atoms. The summed E-state index contributed by atoms with van der Waals surface area (Å²) in [4.78, 5) is 26.5. The number of thioether (sulfide) groups is 1. The molecule has 2 aliphatic carbocycles. The highest BCUT2D eigenvalue weighted by Crippen LogP contribution is 2.41. The highest BCUT2D eigenvalue weighted by atomic mass is 32.2. The van der Waals surface area contributed by atoms with Crippen LogP contribution in [0.1, 0.15) is 55.9 Å². The Morgan fingerprint density at radius 3 is 2.84 bits per heavy atom. The Hall–Kier alpha value is -1.14. The smallest absolute Gasteiger partial charge is 0.235 e. The van der Waals surface area contributed by atoms with Gasteiger partial charge in [0.2, 0.25) is 5.91 Å². The van der Waals surface area contributed by atoms with Crippen molar-refractivity contribution in [3.8, 4) is 0 Å². The van der Waals surface area contributed by atoms with E-state index in [-0.39, 0.29) is 11.2 Å². The van der Waals surface area contributed by atoms with Gasteiger partial charge in [-0.25, -0.2) is 9.97 Å². The Kier molecular flexibility index (Phi) is 5.00. The average molecular weight is 376 g/mol. The van der Waals surface area contributed by atoms with Crippen LogP contribution in [0.25, 0.3) is 10.2 Å². The molecular formula is C19H25N3OS2. The molecule has 0 spiro atoms. The monoisotopic (exact) mass is 375 g/mol. The number of fused-ring (bicyclic) bond motifs is 3. The van der Waals surface area contributed by atoms with E-state index in [1.807, 2.05) is 18.9 Å². The number of hydrogen-bond donors (Lipinski definition) is 0. The van der Waals surface area contributed by atoms with Crippen molar-refractivity contribution in [3.63, 3.8) is 0 Å². The van der Waals surface area contributed by atoms with Gasteiger partial charge in [-0.1, -0.05) is 31.0 Å². The second kappa shape index (κ2) is 7.23. The SMILES string of the molecule is CC(Sc1ncnc2sc3c(c12)CCC3)C(=O)N(C)C1CCCCC1. The fourth-order valence-corrected chi connectivity index (χ4v) is 6.48. The van der Waals surface area contributed by atoms with Crippen molar-refractivity contribution in [2.24, 2.45) is 0 Å². The van der Waals surface area contributed by atoms with E-state index in [0.717, 1.165) is 29.1 Å². The average Bonchev–Trinajstić information content (AvgIpc) is 3.22. The Labute approximate surface area is 157 Å². The number of thiophene rings is 1. The predicted octanol–water partition coefficient (Wildman–Crippen LogP) is 4.45. The van der Waals surface area contributed by atoms with E-state index in [1.165, 1.54) is 47.9 Å². The Bertz CT molecular complexity index is 782. The highest BCUT2D eigenvalue weighted by molar-refractivity contribution is 8.00. The lowest BCUT2D eigenvalue weighted by atomic mass is 9.94. The highest BCUT2D eigenvalue weighted by Gasteiger charge is 2.28. The van der Waals surface area contributed by atoms with Gasteiger partial charge in [-0.05, 0) is 44.6 Å². The summed E-state index contributed by atoms with van der Waals surface area (Å²) >= 11 is 3.41. The van der Waals surface area contributed by atoms with E-state index in [2.05, 4.69) is 9.97 Å². The molecule has 0 radical (unpaired) electrons. The van der Waals surface area contributed by atoms with Crippen LogP contribution in [-0.2, 0) is 17.6 Å². The summed E-state index contributed by atoms with van der Waals surface area (Å²) in [6, 6.07) is 0.417.